The van der Waals surface area contributed by atoms with E-state index in [0.29, 0.717) is 22.9 Å². The fourth-order valence-electron chi connectivity index (χ4n) is 2.26. The van der Waals surface area contributed by atoms with Gasteiger partial charge in [0, 0.05) is 10.0 Å². The lowest BCUT2D eigenvalue weighted by molar-refractivity contribution is -0.148. The van der Waals surface area contributed by atoms with Crippen LogP contribution in [0.15, 0.2) is 22.7 Å². The molecule has 2 aromatic rings. The summed E-state index contributed by atoms with van der Waals surface area (Å²) in [6.45, 7) is 3.53. The number of benzene rings is 1. The van der Waals surface area contributed by atoms with Gasteiger partial charge >= 0.3 is 5.97 Å². The van der Waals surface area contributed by atoms with Crippen molar-refractivity contribution < 1.29 is 14.3 Å². The summed E-state index contributed by atoms with van der Waals surface area (Å²) < 4.78 is 15.0. The molecule has 112 valence electrons. The zero-order valence-electron chi connectivity index (χ0n) is 11.5. The van der Waals surface area contributed by atoms with Crippen LogP contribution in [0.5, 0.6) is 0 Å². The molecule has 0 atom stereocenters. The highest BCUT2D eigenvalue weighted by molar-refractivity contribution is 9.10. The highest BCUT2D eigenvalue weighted by Crippen LogP contribution is 2.33. The Bertz CT molecular complexity index is 670. The number of carboxylic acid groups (broad SMARTS) is 1. The molecule has 0 bridgehead atoms. The second kappa shape index (κ2) is 5.88. The van der Waals surface area contributed by atoms with Crippen LogP contribution in [0.1, 0.15) is 26.7 Å². The molecule has 0 spiro atoms. The Labute approximate surface area is 129 Å². The molecule has 0 fully saturated rings. The van der Waals surface area contributed by atoms with Gasteiger partial charge in [0.05, 0.1) is 0 Å². The van der Waals surface area contributed by atoms with Gasteiger partial charge in [0.1, 0.15) is 5.82 Å². The maximum absolute atomic E-state index is 13.2. The van der Waals surface area contributed by atoms with E-state index in [1.807, 2.05) is 0 Å². The molecule has 0 unspecified atom stereocenters. The average molecular weight is 357 g/mol. The molecule has 0 aliphatic heterocycles. The van der Waals surface area contributed by atoms with Gasteiger partial charge in [-0.1, -0.05) is 13.8 Å². The molecule has 21 heavy (non-hydrogen) atoms. The van der Waals surface area contributed by atoms with Gasteiger partial charge in [-0.15, -0.1) is 5.10 Å². The molecule has 1 aromatic carbocycles. The maximum Gasteiger partial charge on any atom is 0.331 e. The van der Waals surface area contributed by atoms with Crippen molar-refractivity contribution in [2.45, 2.75) is 32.2 Å². The smallest absolute Gasteiger partial charge is 0.331 e. The summed E-state index contributed by atoms with van der Waals surface area (Å²) in [7, 11) is 0. The summed E-state index contributed by atoms with van der Waals surface area (Å²) in [6.07, 6.45) is 0.658. The Balaban J connectivity index is 2.64. The van der Waals surface area contributed by atoms with E-state index < -0.39 is 17.3 Å². The second-order valence-corrected chi connectivity index (χ2v) is 5.44. The highest BCUT2D eigenvalue weighted by Gasteiger charge is 2.40. The topological polar surface area (TPSA) is 80.9 Å². The van der Waals surface area contributed by atoms with Crippen LogP contribution in [0.2, 0.25) is 0 Å². The quantitative estimate of drug-likeness (QED) is 0.890. The lowest BCUT2D eigenvalue weighted by Gasteiger charge is -2.27. The van der Waals surface area contributed by atoms with Crippen molar-refractivity contribution in [1.82, 2.24) is 20.2 Å². The fraction of sp³-hybridized carbons (Fsp3) is 0.385. The Morgan fingerprint density at radius 1 is 1.43 bits per heavy atom. The minimum Gasteiger partial charge on any atom is -0.479 e. The third-order valence-electron chi connectivity index (χ3n) is 3.61. The number of halogens is 2. The Morgan fingerprint density at radius 3 is 2.62 bits per heavy atom. The molecule has 0 radical (unpaired) electrons. The lowest BCUT2D eigenvalue weighted by Crippen LogP contribution is -2.42. The van der Waals surface area contributed by atoms with Crippen molar-refractivity contribution >= 4 is 21.9 Å². The third-order valence-corrected chi connectivity index (χ3v) is 4.27. The summed E-state index contributed by atoms with van der Waals surface area (Å²) in [5.41, 5.74) is -0.693. The van der Waals surface area contributed by atoms with Gasteiger partial charge in [0.25, 0.3) is 0 Å². The molecule has 0 aliphatic rings. The summed E-state index contributed by atoms with van der Waals surface area (Å²) in [5.74, 6) is -1.12. The first-order valence-corrected chi connectivity index (χ1v) is 7.23. The van der Waals surface area contributed by atoms with Crippen LogP contribution in [0.4, 0.5) is 4.39 Å². The molecular formula is C13H14BrFN4O2. The number of aliphatic carboxylic acids is 1. The van der Waals surface area contributed by atoms with E-state index in [2.05, 4.69) is 31.5 Å². The largest absolute Gasteiger partial charge is 0.479 e. The van der Waals surface area contributed by atoms with Gasteiger partial charge in [0.2, 0.25) is 0 Å². The molecule has 1 heterocycles. The normalized spacial score (nSPS) is 11.6. The SMILES string of the molecule is CCC(CC)(C(=O)O)n1nnnc1-c1ccc(F)cc1Br. The maximum atomic E-state index is 13.2. The minimum absolute atomic E-state index is 0.285. The zero-order chi connectivity index (χ0) is 15.6. The van der Waals surface area contributed by atoms with Gasteiger partial charge in [0.15, 0.2) is 11.4 Å². The van der Waals surface area contributed by atoms with Gasteiger partial charge in [-0.25, -0.2) is 13.9 Å². The van der Waals surface area contributed by atoms with Crippen LogP contribution in [-0.4, -0.2) is 31.3 Å². The van der Waals surface area contributed by atoms with Crippen molar-refractivity contribution in [2.75, 3.05) is 0 Å². The van der Waals surface area contributed by atoms with Crippen molar-refractivity contribution in [1.29, 1.82) is 0 Å². The number of rotatable bonds is 5. The van der Waals surface area contributed by atoms with Gasteiger partial charge < -0.3 is 5.11 Å². The third kappa shape index (κ3) is 2.55. The van der Waals surface area contributed by atoms with Gasteiger partial charge in [-0.05, 0) is 57.4 Å². The van der Waals surface area contributed by atoms with E-state index in [1.165, 1.54) is 22.9 Å². The average Bonchev–Trinajstić information content (AvgIpc) is 2.90. The van der Waals surface area contributed by atoms with E-state index in [4.69, 9.17) is 0 Å². The van der Waals surface area contributed by atoms with Crippen LogP contribution in [-0.2, 0) is 10.3 Å². The Hall–Kier alpha value is -1.83. The summed E-state index contributed by atoms with van der Waals surface area (Å²) in [5, 5.41) is 20.9. The number of carboxylic acids is 1. The number of tetrazole rings is 1. The van der Waals surface area contributed by atoms with E-state index in [9.17, 15) is 14.3 Å². The summed E-state index contributed by atoms with van der Waals surface area (Å²) in [4.78, 5) is 11.7. The van der Waals surface area contributed by atoms with Crippen LogP contribution in [0, 0.1) is 5.82 Å². The van der Waals surface area contributed by atoms with Crippen molar-refractivity contribution in [3.63, 3.8) is 0 Å². The highest BCUT2D eigenvalue weighted by atomic mass is 79.9. The molecule has 0 saturated heterocycles. The fourth-order valence-corrected chi connectivity index (χ4v) is 2.78. The zero-order valence-corrected chi connectivity index (χ0v) is 13.1. The molecule has 0 aliphatic carbocycles. The number of carbonyl (C=O) groups is 1. The monoisotopic (exact) mass is 356 g/mol. The van der Waals surface area contributed by atoms with Crippen molar-refractivity contribution in [2.24, 2.45) is 0 Å². The standard InChI is InChI=1S/C13H14BrFN4O2/c1-3-13(4-2,12(20)21)19-11(16-17-18-19)9-6-5-8(15)7-10(9)14/h5-7H,3-4H2,1-2H3,(H,20,21). The molecule has 8 heteroatoms. The van der Waals surface area contributed by atoms with Crippen molar-refractivity contribution in [3.8, 4) is 11.4 Å². The van der Waals surface area contributed by atoms with E-state index >= 15 is 0 Å². The second-order valence-electron chi connectivity index (χ2n) is 4.58. The van der Waals surface area contributed by atoms with E-state index in [0.717, 1.165) is 0 Å². The molecular weight excluding hydrogens is 343 g/mol. The lowest BCUT2D eigenvalue weighted by atomic mass is 9.92. The van der Waals surface area contributed by atoms with Crippen LogP contribution >= 0.6 is 15.9 Å². The first-order chi connectivity index (χ1) is 9.96. The number of hydrogen-bond acceptors (Lipinski definition) is 4. The molecule has 0 saturated carbocycles. The molecule has 6 nitrogen and oxygen atoms in total. The molecule has 1 N–H and O–H groups in total. The van der Waals surface area contributed by atoms with Gasteiger partial charge in [-0.2, -0.15) is 0 Å². The summed E-state index contributed by atoms with van der Waals surface area (Å²) >= 11 is 3.25. The predicted octanol–water partition coefficient (Wildman–Crippen LogP) is 2.84. The Morgan fingerprint density at radius 2 is 2.10 bits per heavy atom. The molecule has 1 aromatic heterocycles. The van der Waals surface area contributed by atoms with E-state index in [-0.39, 0.29) is 5.82 Å². The van der Waals surface area contributed by atoms with E-state index in [1.54, 1.807) is 13.8 Å². The molecule has 0 amide bonds. The number of hydrogen-bond donors (Lipinski definition) is 1. The summed E-state index contributed by atoms with van der Waals surface area (Å²) in [6, 6.07) is 4.08. The van der Waals surface area contributed by atoms with Crippen LogP contribution in [0.25, 0.3) is 11.4 Å². The minimum atomic E-state index is -1.23. The molecule has 2 rings (SSSR count). The first-order valence-electron chi connectivity index (χ1n) is 6.44. The number of nitrogens with zero attached hydrogens (tertiary/aromatic N) is 4. The predicted molar refractivity (Wildman–Crippen MR) is 77.1 cm³/mol. The van der Waals surface area contributed by atoms with Crippen LogP contribution < -0.4 is 0 Å². The number of aromatic nitrogens is 4. The van der Waals surface area contributed by atoms with Crippen molar-refractivity contribution in [3.05, 3.63) is 28.5 Å². The van der Waals surface area contributed by atoms with Gasteiger partial charge in [-0.3, -0.25) is 0 Å². The Kier molecular flexibility index (Phi) is 4.36. The van der Waals surface area contributed by atoms with Crippen LogP contribution in [0.3, 0.4) is 0 Å². The first kappa shape index (κ1) is 15.6.